The van der Waals surface area contributed by atoms with Gasteiger partial charge in [-0.3, -0.25) is 4.79 Å². The summed E-state index contributed by atoms with van der Waals surface area (Å²) in [5, 5.41) is 3.14. The molecule has 3 heteroatoms. The number of carbonyl (C=O) groups excluding carboxylic acids is 1. The summed E-state index contributed by atoms with van der Waals surface area (Å²) in [7, 11) is 1.92. The van der Waals surface area contributed by atoms with E-state index in [0.717, 1.165) is 19.5 Å². The van der Waals surface area contributed by atoms with Crippen molar-refractivity contribution in [1.82, 2.24) is 10.2 Å². The minimum atomic E-state index is 0.190. The summed E-state index contributed by atoms with van der Waals surface area (Å²) in [5.41, 5.74) is 2.57. The van der Waals surface area contributed by atoms with Crippen LogP contribution in [0.15, 0.2) is 24.3 Å². The molecule has 1 aliphatic heterocycles. The third-order valence-electron chi connectivity index (χ3n) is 3.79. The molecular weight excluding hydrogens is 224 g/mol. The van der Waals surface area contributed by atoms with Crippen molar-refractivity contribution >= 4 is 5.91 Å². The Morgan fingerprint density at radius 3 is 2.50 bits per heavy atom. The van der Waals surface area contributed by atoms with Crippen LogP contribution < -0.4 is 5.32 Å². The molecule has 98 valence electrons. The van der Waals surface area contributed by atoms with Gasteiger partial charge in [-0.1, -0.05) is 29.8 Å². The summed E-state index contributed by atoms with van der Waals surface area (Å²) in [6.45, 7) is 5.87. The second kappa shape index (κ2) is 5.53. The number of hydrogen-bond acceptors (Lipinski definition) is 2. The van der Waals surface area contributed by atoms with Crippen molar-refractivity contribution in [3.63, 3.8) is 0 Å². The molecule has 1 saturated heterocycles. The molecule has 1 aliphatic rings. The van der Waals surface area contributed by atoms with Crippen molar-refractivity contribution < 1.29 is 4.79 Å². The predicted molar refractivity (Wildman–Crippen MR) is 73.5 cm³/mol. The molecule has 1 unspecified atom stereocenters. The zero-order valence-corrected chi connectivity index (χ0v) is 11.4. The molecule has 1 aromatic rings. The number of carbonyl (C=O) groups is 1. The number of nitrogens with one attached hydrogen (secondary N) is 1. The van der Waals surface area contributed by atoms with Crippen LogP contribution in [-0.2, 0) is 11.2 Å². The molecule has 1 fully saturated rings. The fourth-order valence-corrected chi connectivity index (χ4v) is 2.17. The third kappa shape index (κ3) is 2.91. The molecule has 2 rings (SSSR count). The smallest absolute Gasteiger partial charge is 0.228 e. The van der Waals surface area contributed by atoms with Crippen molar-refractivity contribution in [2.24, 2.45) is 5.92 Å². The maximum absolute atomic E-state index is 12.1. The molecule has 1 atom stereocenters. The first-order valence-electron chi connectivity index (χ1n) is 6.61. The van der Waals surface area contributed by atoms with E-state index in [0.29, 0.717) is 0 Å². The van der Waals surface area contributed by atoms with Crippen LogP contribution >= 0.6 is 0 Å². The Hall–Kier alpha value is -1.35. The Balaban J connectivity index is 1.92. The molecule has 18 heavy (non-hydrogen) atoms. The van der Waals surface area contributed by atoms with Gasteiger partial charge in [0.2, 0.25) is 5.91 Å². The fourth-order valence-electron chi connectivity index (χ4n) is 2.17. The van der Waals surface area contributed by atoms with Gasteiger partial charge >= 0.3 is 0 Å². The van der Waals surface area contributed by atoms with Crippen LogP contribution in [-0.4, -0.2) is 37.0 Å². The Morgan fingerprint density at radius 1 is 1.39 bits per heavy atom. The lowest BCUT2D eigenvalue weighted by Crippen LogP contribution is -2.53. The van der Waals surface area contributed by atoms with E-state index in [-0.39, 0.29) is 17.9 Å². The van der Waals surface area contributed by atoms with Crippen molar-refractivity contribution in [2.45, 2.75) is 26.3 Å². The van der Waals surface area contributed by atoms with Gasteiger partial charge in [0.25, 0.3) is 0 Å². The van der Waals surface area contributed by atoms with Crippen LogP contribution in [0.5, 0.6) is 0 Å². The lowest BCUT2D eigenvalue weighted by atomic mass is 9.99. The van der Waals surface area contributed by atoms with E-state index in [2.05, 4.69) is 43.4 Å². The van der Waals surface area contributed by atoms with Gasteiger partial charge in [-0.05, 0) is 25.8 Å². The average Bonchev–Trinajstić information content (AvgIpc) is 2.28. The number of amides is 1. The average molecular weight is 246 g/mol. The molecular formula is C15H22N2O. The molecule has 0 aliphatic carbocycles. The first-order chi connectivity index (χ1) is 8.58. The normalized spacial score (nSPS) is 17.1. The van der Waals surface area contributed by atoms with E-state index in [9.17, 15) is 4.79 Å². The number of nitrogens with zero attached hydrogens (tertiary/aromatic N) is 1. The van der Waals surface area contributed by atoms with E-state index in [1.165, 1.54) is 11.1 Å². The summed E-state index contributed by atoms with van der Waals surface area (Å²) >= 11 is 0. The summed E-state index contributed by atoms with van der Waals surface area (Å²) in [4.78, 5) is 14.0. The summed E-state index contributed by atoms with van der Waals surface area (Å²) in [6, 6.07) is 8.80. The van der Waals surface area contributed by atoms with Crippen LogP contribution in [0.3, 0.4) is 0 Å². The topological polar surface area (TPSA) is 32.3 Å². The van der Waals surface area contributed by atoms with Crippen molar-refractivity contribution in [1.29, 1.82) is 0 Å². The van der Waals surface area contributed by atoms with Gasteiger partial charge in [-0.15, -0.1) is 0 Å². The molecule has 1 aromatic carbocycles. The minimum Gasteiger partial charge on any atom is -0.342 e. The predicted octanol–water partition coefficient (Wildman–Crippen LogP) is 1.60. The third-order valence-corrected chi connectivity index (χ3v) is 3.79. The van der Waals surface area contributed by atoms with Gasteiger partial charge < -0.3 is 10.2 Å². The number of rotatable bonds is 4. The lowest BCUT2D eigenvalue weighted by Gasteiger charge is -2.33. The first kappa shape index (κ1) is 13.1. The van der Waals surface area contributed by atoms with Crippen LogP contribution in [0, 0.1) is 12.8 Å². The van der Waals surface area contributed by atoms with Crippen LogP contribution in [0.2, 0.25) is 0 Å². The highest BCUT2D eigenvalue weighted by Crippen LogP contribution is 2.13. The van der Waals surface area contributed by atoms with Crippen molar-refractivity contribution in [3.05, 3.63) is 35.4 Å². The highest BCUT2D eigenvalue weighted by atomic mass is 16.2. The van der Waals surface area contributed by atoms with E-state index < -0.39 is 0 Å². The van der Waals surface area contributed by atoms with Crippen molar-refractivity contribution in [3.8, 4) is 0 Å². The number of likely N-dealkylation sites (N-methyl/N-ethyl adjacent to an activating group) is 1. The van der Waals surface area contributed by atoms with Gasteiger partial charge in [0.1, 0.15) is 0 Å². The highest BCUT2D eigenvalue weighted by molar-refractivity contribution is 5.80. The molecule has 1 N–H and O–H groups in total. The maximum Gasteiger partial charge on any atom is 0.228 e. The summed E-state index contributed by atoms with van der Waals surface area (Å²) in [6.07, 6.45) is 0.919. The summed E-state index contributed by atoms with van der Waals surface area (Å²) < 4.78 is 0. The fraction of sp³-hybridized carbons (Fsp3) is 0.533. The first-order valence-corrected chi connectivity index (χ1v) is 6.61. The molecule has 0 aromatic heterocycles. The largest absolute Gasteiger partial charge is 0.342 e. The van der Waals surface area contributed by atoms with Gasteiger partial charge in [-0.2, -0.15) is 0 Å². The van der Waals surface area contributed by atoms with E-state index in [4.69, 9.17) is 0 Å². The molecule has 0 saturated carbocycles. The Morgan fingerprint density at radius 2 is 2.00 bits per heavy atom. The van der Waals surface area contributed by atoms with Gasteiger partial charge in [0.05, 0.1) is 5.92 Å². The zero-order chi connectivity index (χ0) is 13.1. The van der Waals surface area contributed by atoms with E-state index >= 15 is 0 Å². The quantitative estimate of drug-likeness (QED) is 0.875. The second-order valence-corrected chi connectivity index (χ2v) is 5.34. The SMILES string of the molecule is Cc1ccc(CC(C)N(C)C(=O)C2CNC2)cc1. The van der Waals surface area contributed by atoms with Gasteiger partial charge in [0.15, 0.2) is 0 Å². The lowest BCUT2D eigenvalue weighted by molar-refractivity contribution is -0.137. The molecule has 0 bridgehead atoms. The van der Waals surface area contributed by atoms with Gasteiger partial charge in [0, 0.05) is 26.2 Å². The number of benzene rings is 1. The molecule has 1 heterocycles. The minimum absolute atomic E-state index is 0.190. The number of hydrogen-bond donors (Lipinski definition) is 1. The standard InChI is InChI=1S/C15H22N2O/c1-11-4-6-13(7-5-11)8-12(2)17(3)15(18)14-9-16-10-14/h4-7,12,14,16H,8-10H2,1-3H3. The Labute approximate surface area is 109 Å². The second-order valence-electron chi connectivity index (χ2n) is 5.34. The Kier molecular flexibility index (Phi) is 4.02. The van der Waals surface area contributed by atoms with Crippen molar-refractivity contribution in [2.75, 3.05) is 20.1 Å². The monoisotopic (exact) mass is 246 g/mol. The highest BCUT2D eigenvalue weighted by Gasteiger charge is 2.29. The molecule has 0 spiro atoms. The van der Waals surface area contributed by atoms with E-state index in [1.54, 1.807) is 0 Å². The van der Waals surface area contributed by atoms with Crippen LogP contribution in [0.1, 0.15) is 18.1 Å². The van der Waals surface area contributed by atoms with Crippen LogP contribution in [0.4, 0.5) is 0 Å². The molecule has 1 amide bonds. The number of aryl methyl sites for hydroxylation is 1. The molecule has 3 nitrogen and oxygen atoms in total. The zero-order valence-electron chi connectivity index (χ0n) is 11.4. The Bertz CT molecular complexity index is 409. The summed E-state index contributed by atoms with van der Waals surface area (Å²) in [5.74, 6) is 0.462. The van der Waals surface area contributed by atoms with E-state index in [1.807, 2.05) is 11.9 Å². The van der Waals surface area contributed by atoms with Gasteiger partial charge in [-0.25, -0.2) is 0 Å². The molecule has 0 radical (unpaired) electrons. The van der Waals surface area contributed by atoms with Crippen LogP contribution in [0.25, 0.3) is 0 Å². The maximum atomic E-state index is 12.1.